The molecule has 2 amide bonds. The van der Waals surface area contributed by atoms with Crippen LogP contribution in [0.3, 0.4) is 0 Å². The third-order valence-corrected chi connectivity index (χ3v) is 7.01. The SMILES string of the molecule is CC[C@H](C(=O)Nc1ccc([C@H]2CC(=O)Nc3c2c(C)nn3-c2ncnc3nc[nH]c23)cc1)c1ccccc1. The number of nitrogens with zero attached hydrogens (tertiary/aromatic N) is 5. The van der Waals surface area contributed by atoms with Crippen LogP contribution in [-0.4, -0.2) is 41.5 Å². The molecule has 5 aromatic rings. The number of aromatic nitrogens is 6. The van der Waals surface area contributed by atoms with Gasteiger partial charge in [0.2, 0.25) is 11.8 Å². The van der Waals surface area contributed by atoms with E-state index in [4.69, 9.17) is 5.10 Å². The zero-order valence-electron chi connectivity index (χ0n) is 21.0. The molecule has 0 radical (unpaired) electrons. The molecule has 2 aromatic carbocycles. The van der Waals surface area contributed by atoms with Gasteiger partial charge in [0.25, 0.3) is 0 Å². The first kappa shape index (κ1) is 23.5. The Labute approximate surface area is 218 Å². The molecule has 3 N–H and O–H groups in total. The quantitative estimate of drug-likeness (QED) is 0.312. The van der Waals surface area contributed by atoms with Gasteiger partial charge in [0.1, 0.15) is 17.7 Å². The zero-order valence-corrected chi connectivity index (χ0v) is 21.0. The maximum atomic E-state index is 13.0. The van der Waals surface area contributed by atoms with Crippen LogP contribution in [0.5, 0.6) is 0 Å². The second-order valence-corrected chi connectivity index (χ2v) is 9.35. The number of aryl methyl sites for hydroxylation is 1. The van der Waals surface area contributed by atoms with E-state index < -0.39 is 0 Å². The summed E-state index contributed by atoms with van der Waals surface area (Å²) in [4.78, 5) is 41.6. The number of amides is 2. The van der Waals surface area contributed by atoms with Crippen LogP contribution >= 0.6 is 0 Å². The molecule has 190 valence electrons. The number of hydrogen-bond donors (Lipinski definition) is 3. The molecule has 0 aliphatic carbocycles. The van der Waals surface area contributed by atoms with Crippen LogP contribution in [0, 0.1) is 6.92 Å². The van der Waals surface area contributed by atoms with E-state index in [0.717, 1.165) is 22.4 Å². The van der Waals surface area contributed by atoms with Crippen molar-refractivity contribution in [2.24, 2.45) is 0 Å². The summed E-state index contributed by atoms with van der Waals surface area (Å²) in [6.45, 7) is 3.93. The third kappa shape index (κ3) is 4.09. The molecule has 0 saturated heterocycles. The fourth-order valence-electron chi connectivity index (χ4n) is 5.18. The van der Waals surface area contributed by atoms with Crippen molar-refractivity contribution in [2.45, 2.75) is 38.5 Å². The van der Waals surface area contributed by atoms with Gasteiger partial charge in [-0.1, -0.05) is 49.4 Å². The second-order valence-electron chi connectivity index (χ2n) is 9.35. The third-order valence-electron chi connectivity index (χ3n) is 7.01. The number of aromatic amines is 1. The first-order chi connectivity index (χ1) is 18.5. The lowest BCUT2D eigenvalue weighted by atomic mass is 9.85. The monoisotopic (exact) mass is 506 g/mol. The molecule has 0 saturated carbocycles. The van der Waals surface area contributed by atoms with E-state index in [1.54, 1.807) is 11.0 Å². The lowest BCUT2D eigenvalue weighted by molar-refractivity contribution is -0.118. The lowest BCUT2D eigenvalue weighted by Crippen LogP contribution is -2.25. The summed E-state index contributed by atoms with van der Waals surface area (Å²) in [7, 11) is 0. The van der Waals surface area contributed by atoms with Gasteiger partial charge >= 0.3 is 0 Å². The van der Waals surface area contributed by atoms with Crippen molar-refractivity contribution < 1.29 is 9.59 Å². The number of anilines is 2. The van der Waals surface area contributed by atoms with Crippen molar-refractivity contribution in [3.05, 3.63) is 89.6 Å². The summed E-state index contributed by atoms with van der Waals surface area (Å²) in [6, 6.07) is 17.5. The fraction of sp³-hybridized carbons (Fsp3) is 0.214. The fourth-order valence-corrected chi connectivity index (χ4v) is 5.18. The van der Waals surface area contributed by atoms with E-state index in [1.165, 1.54) is 6.33 Å². The van der Waals surface area contributed by atoms with Crippen molar-refractivity contribution in [2.75, 3.05) is 10.6 Å². The predicted octanol–water partition coefficient (Wildman–Crippen LogP) is 4.45. The largest absolute Gasteiger partial charge is 0.340 e. The topological polar surface area (TPSA) is 130 Å². The highest BCUT2D eigenvalue weighted by atomic mass is 16.2. The summed E-state index contributed by atoms with van der Waals surface area (Å²) in [6.07, 6.45) is 3.97. The van der Waals surface area contributed by atoms with E-state index >= 15 is 0 Å². The Balaban J connectivity index is 1.29. The van der Waals surface area contributed by atoms with E-state index in [-0.39, 0.29) is 23.7 Å². The molecule has 0 fully saturated rings. The van der Waals surface area contributed by atoms with Gasteiger partial charge in [0.05, 0.1) is 17.9 Å². The van der Waals surface area contributed by atoms with E-state index in [2.05, 4.69) is 30.6 Å². The highest BCUT2D eigenvalue weighted by Crippen LogP contribution is 2.40. The average molecular weight is 507 g/mol. The summed E-state index contributed by atoms with van der Waals surface area (Å²) in [5.41, 5.74) is 5.55. The lowest BCUT2D eigenvalue weighted by Gasteiger charge is -2.24. The van der Waals surface area contributed by atoms with Crippen molar-refractivity contribution in [3.63, 3.8) is 0 Å². The van der Waals surface area contributed by atoms with Crippen LogP contribution in [0.2, 0.25) is 0 Å². The number of imidazole rings is 1. The molecule has 6 rings (SSSR count). The number of nitrogens with one attached hydrogen (secondary N) is 3. The normalized spacial score (nSPS) is 15.6. The molecular weight excluding hydrogens is 480 g/mol. The minimum absolute atomic E-state index is 0.0436. The Bertz CT molecular complexity index is 1640. The van der Waals surface area contributed by atoms with Gasteiger partial charge in [-0.2, -0.15) is 9.78 Å². The number of hydrogen-bond acceptors (Lipinski definition) is 6. The molecule has 10 nitrogen and oxygen atoms in total. The van der Waals surface area contributed by atoms with Crippen LogP contribution in [0.4, 0.5) is 11.5 Å². The number of rotatable bonds is 6. The first-order valence-electron chi connectivity index (χ1n) is 12.5. The van der Waals surface area contributed by atoms with Crippen molar-refractivity contribution >= 4 is 34.5 Å². The molecule has 4 heterocycles. The summed E-state index contributed by atoms with van der Waals surface area (Å²) < 4.78 is 1.64. The smallest absolute Gasteiger partial charge is 0.231 e. The highest BCUT2D eigenvalue weighted by molar-refractivity contribution is 5.96. The molecule has 38 heavy (non-hydrogen) atoms. The van der Waals surface area contributed by atoms with Crippen LogP contribution in [0.1, 0.15) is 54.0 Å². The Morgan fingerprint density at radius 3 is 2.66 bits per heavy atom. The molecule has 0 spiro atoms. The predicted molar refractivity (Wildman–Crippen MR) is 143 cm³/mol. The number of fused-ring (bicyclic) bond motifs is 2. The van der Waals surface area contributed by atoms with Gasteiger partial charge in [0.15, 0.2) is 11.5 Å². The van der Waals surface area contributed by atoms with Crippen LogP contribution in [0.25, 0.3) is 17.0 Å². The Morgan fingerprint density at radius 2 is 1.89 bits per heavy atom. The molecular formula is C28H26N8O2. The molecule has 1 aliphatic rings. The minimum atomic E-state index is -0.225. The number of carbonyl (C=O) groups excluding carboxylic acids is 2. The summed E-state index contributed by atoms with van der Waals surface area (Å²) in [5, 5.41) is 10.8. The second kappa shape index (κ2) is 9.55. The van der Waals surface area contributed by atoms with E-state index in [9.17, 15) is 9.59 Å². The molecule has 3 aromatic heterocycles. The maximum Gasteiger partial charge on any atom is 0.231 e. The van der Waals surface area contributed by atoms with Gasteiger partial charge in [-0.25, -0.2) is 15.0 Å². The summed E-state index contributed by atoms with van der Waals surface area (Å²) >= 11 is 0. The molecule has 2 atom stereocenters. The van der Waals surface area contributed by atoms with Gasteiger partial charge in [-0.15, -0.1) is 0 Å². The van der Waals surface area contributed by atoms with Gasteiger partial charge in [-0.05, 0) is 36.6 Å². The number of benzene rings is 2. The molecule has 0 unspecified atom stereocenters. The van der Waals surface area contributed by atoms with Gasteiger partial charge < -0.3 is 15.6 Å². The molecule has 1 aliphatic heterocycles. The minimum Gasteiger partial charge on any atom is -0.340 e. The highest BCUT2D eigenvalue weighted by Gasteiger charge is 2.33. The first-order valence-corrected chi connectivity index (χ1v) is 12.5. The Kier molecular flexibility index (Phi) is 5.91. The number of H-pyrrole nitrogens is 1. The van der Waals surface area contributed by atoms with Crippen LogP contribution < -0.4 is 10.6 Å². The van der Waals surface area contributed by atoms with Crippen LogP contribution in [-0.2, 0) is 9.59 Å². The van der Waals surface area contributed by atoms with Crippen molar-refractivity contribution in [1.29, 1.82) is 0 Å². The van der Waals surface area contributed by atoms with E-state index in [1.807, 2.05) is 68.4 Å². The Morgan fingerprint density at radius 1 is 1.11 bits per heavy atom. The Hall–Kier alpha value is -4.86. The number of carbonyl (C=O) groups is 2. The molecule has 10 heteroatoms. The summed E-state index contributed by atoms with van der Waals surface area (Å²) in [5.74, 6) is 0.535. The van der Waals surface area contributed by atoms with Crippen molar-refractivity contribution in [1.82, 2.24) is 29.7 Å². The van der Waals surface area contributed by atoms with Gasteiger partial charge in [0, 0.05) is 23.6 Å². The average Bonchev–Trinajstić information content (AvgIpc) is 3.54. The standard InChI is InChI=1S/C28H26N8O2/c1-3-20(17-7-5-4-6-8-17)28(38)33-19-11-9-18(10-12-19)21-13-22(37)34-26-23(21)16(2)35-36(26)27-24-25(30-14-29-24)31-15-32-27/h4-12,14-15,20-21H,3,13H2,1-2H3,(H,33,38)(H,34,37)(H,29,30,31,32)/t20-,21+/m0/s1. The molecule has 0 bridgehead atoms. The van der Waals surface area contributed by atoms with Crippen LogP contribution in [0.15, 0.2) is 67.3 Å². The van der Waals surface area contributed by atoms with E-state index in [0.29, 0.717) is 41.3 Å². The van der Waals surface area contributed by atoms with Gasteiger partial charge in [-0.3, -0.25) is 9.59 Å². The zero-order chi connectivity index (χ0) is 26.2. The maximum absolute atomic E-state index is 13.0. The van der Waals surface area contributed by atoms with Crippen molar-refractivity contribution in [3.8, 4) is 5.82 Å².